The van der Waals surface area contributed by atoms with Crippen molar-refractivity contribution in [2.24, 2.45) is 5.92 Å². The van der Waals surface area contributed by atoms with Crippen LogP contribution in [0.25, 0.3) is 0 Å². The Balaban J connectivity index is 2.66. The quantitative estimate of drug-likeness (QED) is 0.605. The maximum absolute atomic E-state index is 10.9. The minimum atomic E-state index is -0.953. The second-order valence-corrected chi connectivity index (χ2v) is 3.94. The van der Waals surface area contributed by atoms with Gasteiger partial charge in [-0.3, -0.25) is 4.79 Å². The molecule has 70 valence electrons. The summed E-state index contributed by atoms with van der Waals surface area (Å²) in [5, 5.41) is 19.2. The molecule has 0 aliphatic heterocycles. The molecule has 0 aromatic heterocycles. The molecule has 1 saturated carbocycles. The molecule has 3 heteroatoms. The van der Waals surface area contributed by atoms with Gasteiger partial charge in [-0.2, -0.15) is 0 Å². The lowest BCUT2D eigenvalue weighted by Gasteiger charge is -2.37. The van der Waals surface area contributed by atoms with Gasteiger partial charge in [0.1, 0.15) is 6.10 Å². The van der Waals surface area contributed by atoms with Crippen molar-refractivity contribution in [1.82, 2.24) is 0 Å². The lowest BCUT2D eigenvalue weighted by molar-refractivity contribution is -0.142. The van der Waals surface area contributed by atoms with Gasteiger partial charge in [0, 0.05) is 12.8 Å². The summed E-state index contributed by atoms with van der Waals surface area (Å²) >= 11 is 0. The maximum Gasteiger partial charge on any atom is 0.161 e. The lowest BCUT2D eigenvalue weighted by atomic mass is 9.75. The summed E-state index contributed by atoms with van der Waals surface area (Å²) < 4.78 is 0. The average Bonchev–Trinajstić information content (AvgIpc) is 1.97. The maximum atomic E-state index is 10.9. The molecule has 0 radical (unpaired) electrons. The van der Waals surface area contributed by atoms with E-state index in [1.807, 2.05) is 13.8 Å². The molecule has 0 spiro atoms. The SMILES string of the molecule is CC(C)C1(O)CCC(=O)C(O)C1. The molecule has 1 fully saturated rings. The van der Waals surface area contributed by atoms with Crippen LogP contribution in [0.4, 0.5) is 0 Å². The van der Waals surface area contributed by atoms with E-state index in [1.54, 1.807) is 0 Å². The Labute approximate surface area is 72.4 Å². The summed E-state index contributed by atoms with van der Waals surface area (Å²) in [5.41, 5.74) is -0.840. The predicted molar refractivity (Wildman–Crippen MR) is 44.7 cm³/mol. The van der Waals surface area contributed by atoms with Gasteiger partial charge in [0.2, 0.25) is 0 Å². The molecule has 1 aliphatic carbocycles. The summed E-state index contributed by atoms with van der Waals surface area (Å²) in [6.07, 6.45) is 0.0334. The van der Waals surface area contributed by atoms with Gasteiger partial charge in [0.15, 0.2) is 5.78 Å². The van der Waals surface area contributed by atoms with Gasteiger partial charge >= 0.3 is 0 Å². The van der Waals surface area contributed by atoms with Crippen LogP contribution in [-0.4, -0.2) is 27.7 Å². The number of Topliss-reactive ketones (excluding diaryl/α,β-unsaturated/α-hetero) is 1. The van der Waals surface area contributed by atoms with E-state index in [0.717, 1.165) is 0 Å². The van der Waals surface area contributed by atoms with E-state index >= 15 is 0 Å². The van der Waals surface area contributed by atoms with Crippen molar-refractivity contribution in [1.29, 1.82) is 0 Å². The largest absolute Gasteiger partial charge is 0.389 e. The van der Waals surface area contributed by atoms with E-state index in [4.69, 9.17) is 0 Å². The minimum Gasteiger partial charge on any atom is -0.389 e. The van der Waals surface area contributed by atoms with Crippen LogP contribution in [0, 0.1) is 5.92 Å². The van der Waals surface area contributed by atoms with Gasteiger partial charge in [0.05, 0.1) is 5.60 Å². The minimum absolute atomic E-state index is 0.0975. The van der Waals surface area contributed by atoms with E-state index in [1.165, 1.54) is 0 Å². The molecule has 2 atom stereocenters. The van der Waals surface area contributed by atoms with E-state index in [9.17, 15) is 15.0 Å². The molecule has 12 heavy (non-hydrogen) atoms. The fourth-order valence-electron chi connectivity index (χ4n) is 1.58. The van der Waals surface area contributed by atoms with Crippen LogP contribution in [0.5, 0.6) is 0 Å². The predicted octanol–water partition coefficient (Wildman–Crippen LogP) is 0.487. The summed E-state index contributed by atoms with van der Waals surface area (Å²) in [4.78, 5) is 10.9. The molecule has 0 amide bonds. The smallest absolute Gasteiger partial charge is 0.161 e. The normalized spacial score (nSPS) is 37.4. The topological polar surface area (TPSA) is 57.5 Å². The van der Waals surface area contributed by atoms with Crippen LogP contribution in [0.15, 0.2) is 0 Å². The highest BCUT2D eigenvalue weighted by Gasteiger charge is 2.39. The zero-order valence-corrected chi connectivity index (χ0v) is 7.58. The second-order valence-electron chi connectivity index (χ2n) is 3.94. The molecule has 2 unspecified atom stereocenters. The van der Waals surface area contributed by atoms with Crippen LogP contribution in [0.3, 0.4) is 0 Å². The standard InChI is InChI=1S/C9H16O3/c1-6(2)9(12)4-3-7(10)8(11)5-9/h6,8,11-12H,3-5H2,1-2H3. The fourth-order valence-corrected chi connectivity index (χ4v) is 1.58. The number of carbonyl (C=O) groups is 1. The van der Waals surface area contributed by atoms with Crippen molar-refractivity contribution < 1.29 is 15.0 Å². The van der Waals surface area contributed by atoms with E-state index in [-0.39, 0.29) is 18.1 Å². The molecule has 0 aromatic rings. The Kier molecular flexibility index (Phi) is 2.54. The number of rotatable bonds is 1. The first-order valence-electron chi connectivity index (χ1n) is 4.39. The first-order valence-corrected chi connectivity index (χ1v) is 4.39. The second kappa shape index (κ2) is 3.15. The van der Waals surface area contributed by atoms with Gasteiger partial charge in [-0.15, -0.1) is 0 Å². The van der Waals surface area contributed by atoms with Crippen molar-refractivity contribution in [3.8, 4) is 0 Å². The third-order valence-electron chi connectivity index (χ3n) is 2.80. The Morgan fingerprint density at radius 3 is 2.58 bits per heavy atom. The highest BCUT2D eigenvalue weighted by molar-refractivity contribution is 5.83. The highest BCUT2D eigenvalue weighted by atomic mass is 16.3. The number of carbonyl (C=O) groups excluding carboxylic acids is 1. The van der Waals surface area contributed by atoms with Crippen LogP contribution in [0.1, 0.15) is 33.1 Å². The Morgan fingerprint density at radius 2 is 2.17 bits per heavy atom. The van der Waals surface area contributed by atoms with Gasteiger partial charge in [0.25, 0.3) is 0 Å². The van der Waals surface area contributed by atoms with Crippen LogP contribution in [0.2, 0.25) is 0 Å². The number of ketones is 1. The molecule has 0 bridgehead atoms. The molecule has 0 aromatic carbocycles. The molecule has 2 N–H and O–H groups in total. The number of aliphatic hydroxyl groups excluding tert-OH is 1. The van der Waals surface area contributed by atoms with Gasteiger partial charge < -0.3 is 10.2 Å². The monoisotopic (exact) mass is 172 g/mol. The molecule has 0 saturated heterocycles. The van der Waals surface area contributed by atoms with Crippen LogP contribution < -0.4 is 0 Å². The molecular weight excluding hydrogens is 156 g/mol. The molecule has 3 nitrogen and oxygen atoms in total. The molecule has 1 aliphatic rings. The van der Waals surface area contributed by atoms with E-state index < -0.39 is 11.7 Å². The summed E-state index contributed by atoms with van der Waals surface area (Å²) in [6, 6.07) is 0. The zero-order chi connectivity index (χ0) is 9.35. The van der Waals surface area contributed by atoms with Gasteiger partial charge in [-0.1, -0.05) is 13.8 Å². The summed E-state index contributed by atoms with van der Waals surface area (Å²) in [7, 11) is 0. The summed E-state index contributed by atoms with van der Waals surface area (Å²) in [5.74, 6) is -0.0411. The van der Waals surface area contributed by atoms with Crippen molar-refractivity contribution in [2.45, 2.75) is 44.8 Å². The van der Waals surface area contributed by atoms with E-state index in [2.05, 4.69) is 0 Å². The molecule has 0 heterocycles. The average molecular weight is 172 g/mol. The van der Waals surface area contributed by atoms with Gasteiger partial charge in [-0.25, -0.2) is 0 Å². The van der Waals surface area contributed by atoms with Crippen molar-refractivity contribution in [3.05, 3.63) is 0 Å². The number of hydrogen-bond acceptors (Lipinski definition) is 3. The number of hydrogen-bond donors (Lipinski definition) is 2. The summed E-state index contributed by atoms with van der Waals surface area (Å²) in [6.45, 7) is 3.81. The third kappa shape index (κ3) is 1.67. The molecule has 1 rings (SSSR count). The number of aliphatic hydroxyl groups is 2. The van der Waals surface area contributed by atoms with Crippen LogP contribution >= 0.6 is 0 Å². The van der Waals surface area contributed by atoms with E-state index in [0.29, 0.717) is 12.8 Å². The Bertz CT molecular complexity index is 188. The Morgan fingerprint density at radius 1 is 1.58 bits per heavy atom. The van der Waals surface area contributed by atoms with Crippen molar-refractivity contribution in [2.75, 3.05) is 0 Å². The van der Waals surface area contributed by atoms with Crippen molar-refractivity contribution >= 4 is 5.78 Å². The van der Waals surface area contributed by atoms with Crippen molar-refractivity contribution in [3.63, 3.8) is 0 Å². The first-order chi connectivity index (χ1) is 5.46. The molecular formula is C9H16O3. The lowest BCUT2D eigenvalue weighted by Crippen LogP contribution is -2.45. The zero-order valence-electron chi connectivity index (χ0n) is 7.58. The first kappa shape index (κ1) is 9.68. The van der Waals surface area contributed by atoms with Gasteiger partial charge in [-0.05, 0) is 12.3 Å². The third-order valence-corrected chi connectivity index (χ3v) is 2.80. The fraction of sp³-hybridized carbons (Fsp3) is 0.889. The highest BCUT2D eigenvalue weighted by Crippen LogP contribution is 2.32. The Hall–Kier alpha value is -0.410. The van der Waals surface area contributed by atoms with Crippen LogP contribution in [-0.2, 0) is 4.79 Å².